The Morgan fingerprint density at radius 3 is 2.96 bits per heavy atom. The first-order valence-corrected chi connectivity index (χ1v) is 9.48. The highest BCUT2D eigenvalue weighted by Gasteiger charge is 2.35. The molecule has 1 saturated carbocycles. The molecule has 1 amide bonds. The Balaban J connectivity index is 1.66. The molecule has 0 radical (unpaired) electrons. The normalized spacial score (nSPS) is 17.9. The SMILES string of the molecule is CCCn1c(SCC(=O)N(C2=CCCCC2)C2CC2)n[nH]c1=O. The Hall–Kier alpha value is -1.50. The number of hydrogen-bond donors (Lipinski definition) is 1. The Morgan fingerprint density at radius 2 is 2.30 bits per heavy atom. The fraction of sp³-hybridized carbons (Fsp3) is 0.688. The summed E-state index contributed by atoms with van der Waals surface area (Å²) in [7, 11) is 0. The molecule has 0 unspecified atom stereocenters. The number of H-pyrrole nitrogens is 1. The van der Waals surface area contributed by atoms with Gasteiger partial charge in [0.2, 0.25) is 5.91 Å². The number of thioether (sulfide) groups is 1. The van der Waals surface area contributed by atoms with E-state index in [0.29, 0.717) is 23.5 Å². The Bertz CT molecular complexity index is 645. The average Bonchev–Trinajstić information content (AvgIpc) is 3.33. The maximum Gasteiger partial charge on any atom is 0.343 e. The van der Waals surface area contributed by atoms with Crippen molar-refractivity contribution >= 4 is 17.7 Å². The lowest BCUT2D eigenvalue weighted by atomic mass is 10.0. The second-order valence-electron chi connectivity index (χ2n) is 6.19. The molecule has 6 nitrogen and oxygen atoms in total. The molecular formula is C16H24N4O2S. The molecule has 0 spiro atoms. The first-order valence-electron chi connectivity index (χ1n) is 8.49. The molecule has 0 atom stereocenters. The summed E-state index contributed by atoms with van der Waals surface area (Å²) in [5.41, 5.74) is 1.01. The van der Waals surface area contributed by atoms with E-state index in [2.05, 4.69) is 16.3 Å². The monoisotopic (exact) mass is 336 g/mol. The summed E-state index contributed by atoms with van der Waals surface area (Å²) >= 11 is 1.36. The molecule has 1 heterocycles. The fourth-order valence-electron chi connectivity index (χ4n) is 3.00. The molecule has 1 fully saturated rings. The van der Waals surface area contributed by atoms with Crippen LogP contribution in [0.25, 0.3) is 0 Å². The second kappa shape index (κ2) is 7.38. The van der Waals surface area contributed by atoms with E-state index in [9.17, 15) is 9.59 Å². The van der Waals surface area contributed by atoms with E-state index < -0.39 is 0 Å². The smallest absolute Gasteiger partial charge is 0.313 e. The van der Waals surface area contributed by atoms with Crippen molar-refractivity contribution in [2.24, 2.45) is 0 Å². The molecule has 0 aromatic carbocycles. The number of carbonyl (C=O) groups excluding carboxylic acids is 1. The summed E-state index contributed by atoms with van der Waals surface area (Å²) in [5, 5.41) is 7.13. The van der Waals surface area contributed by atoms with Crippen LogP contribution in [0.5, 0.6) is 0 Å². The average molecular weight is 336 g/mol. The van der Waals surface area contributed by atoms with Crippen molar-refractivity contribution in [1.82, 2.24) is 19.7 Å². The van der Waals surface area contributed by atoms with Crippen LogP contribution in [-0.2, 0) is 11.3 Å². The summed E-state index contributed by atoms with van der Waals surface area (Å²) in [6.45, 7) is 2.65. The minimum atomic E-state index is -0.198. The van der Waals surface area contributed by atoms with Crippen molar-refractivity contribution < 1.29 is 4.79 Å². The van der Waals surface area contributed by atoms with Crippen molar-refractivity contribution in [3.63, 3.8) is 0 Å². The quantitative estimate of drug-likeness (QED) is 0.777. The Labute approximate surface area is 140 Å². The van der Waals surface area contributed by atoms with Gasteiger partial charge < -0.3 is 4.90 Å². The van der Waals surface area contributed by atoms with Gasteiger partial charge in [-0.25, -0.2) is 9.89 Å². The predicted molar refractivity (Wildman–Crippen MR) is 90.3 cm³/mol. The van der Waals surface area contributed by atoms with Crippen LogP contribution in [0.3, 0.4) is 0 Å². The van der Waals surface area contributed by atoms with Crippen LogP contribution < -0.4 is 5.69 Å². The van der Waals surface area contributed by atoms with E-state index in [1.54, 1.807) is 4.57 Å². The maximum atomic E-state index is 12.7. The number of hydrogen-bond acceptors (Lipinski definition) is 4. The lowest BCUT2D eigenvalue weighted by Gasteiger charge is -2.27. The van der Waals surface area contributed by atoms with Crippen LogP contribution in [0.15, 0.2) is 21.7 Å². The van der Waals surface area contributed by atoms with Gasteiger partial charge in [0.15, 0.2) is 5.16 Å². The van der Waals surface area contributed by atoms with Gasteiger partial charge in [-0.05, 0) is 44.9 Å². The number of nitrogens with zero attached hydrogens (tertiary/aromatic N) is 3. The van der Waals surface area contributed by atoms with E-state index in [0.717, 1.165) is 32.1 Å². The van der Waals surface area contributed by atoms with Crippen LogP contribution >= 0.6 is 11.8 Å². The molecule has 23 heavy (non-hydrogen) atoms. The van der Waals surface area contributed by atoms with Crippen molar-refractivity contribution in [2.45, 2.75) is 69.6 Å². The molecule has 7 heteroatoms. The van der Waals surface area contributed by atoms with Crippen LogP contribution in [0.2, 0.25) is 0 Å². The van der Waals surface area contributed by atoms with Gasteiger partial charge in [0.05, 0.1) is 5.75 Å². The molecule has 2 aliphatic rings. The van der Waals surface area contributed by atoms with Crippen molar-refractivity contribution in [2.75, 3.05) is 5.75 Å². The summed E-state index contributed by atoms with van der Waals surface area (Å²) in [6.07, 6.45) is 9.79. The number of nitrogens with one attached hydrogen (secondary N) is 1. The van der Waals surface area contributed by atoms with Gasteiger partial charge in [0.25, 0.3) is 0 Å². The first kappa shape index (κ1) is 16.4. The van der Waals surface area contributed by atoms with Crippen LogP contribution in [0, 0.1) is 0 Å². The van der Waals surface area contributed by atoms with Crippen LogP contribution in [0.4, 0.5) is 0 Å². The zero-order chi connectivity index (χ0) is 16.2. The van der Waals surface area contributed by atoms with Gasteiger partial charge in [-0.2, -0.15) is 0 Å². The zero-order valence-electron chi connectivity index (χ0n) is 13.6. The maximum absolute atomic E-state index is 12.7. The molecule has 126 valence electrons. The molecule has 1 N–H and O–H groups in total. The Kier molecular flexibility index (Phi) is 5.25. The topological polar surface area (TPSA) is 71.0 Å². The number of allylic oxidation sites excluding steroid dienone is 2. The molecule has 0 saturated heterocycles. The van der Waals surface area contributed by atoms with Gasteiger partial charge in [-0.15, -0.1) is 5.10 Å². The predicted octanol–water partition coefficient (Wildman–Crippen LogP) is 2.52. The van der Waals surface area contributed by atoms with Gasteiger partial charge in [0.1, 0.15) is 0 Å². The molecule has 0 bridgehead atoms. The van der Waals surface area contributed by atoms with Crippen molar-refractivity contribution in [3.05, 3.63) is 22.3 Å². The minimum absolute atomic E-state index is 0.143. The molecule has 2 aliphatic carbocycles. The van der Waals surface area contributed by atoms with E-state index in [4.69, 9.17) is 0 Å². The highest BCUT2D eigenvalue weighted by atomic mass is 32.2. The largest absolute Gasteiger partial charge is 0.343 e. The standard InChI is InChI=1S/C16H24N4O2S/c1-2-10-19-15(22)17-18-16(19)23-11-14(21)20(13-8-9-13)12-6-4-3-5-7-12/h6,13H,2-5,7-11H2,1H3,(H,17,22). The minimum Gasteiger partial charge on any atom is -0.313 e. The zero-order valence-corrected chi connectivity index (χ0v) is 14.4. The van der Waals surface area contributed by atoms with E-state index >= 15 is 0 Å². The first-order chi connectivity index (χ1) is 11.2. The summed E-state index contributed by atoms with van der Waals surface area (Å²) in [5.74, 6) is 0.478. The molecule has 3 rings (SSSR count). The van der Waals surface area contributed by atoms with Gasteiger partial charge in [-0.3, -0.25) is 9.36 Å². The van der Waals surface area contributed by atoms with E-state index in [-0.39, 0.29) is 11.6 Å². The van der Waals surface area contributed by atoms with Gasteiger partial charge >= 0.3 is 5.69 Å². The Morgan fingerprint density at radius 1 is 1.48 bits per heavy atom. The third kappa shape index (κ3) is 3.88. The van der Waals surface area contributed by atoms with E-state index in [1.165, 1.54) is 30.3 Å². The van der Waals surface area contributed by atoms with Gasteiger partial charge in [0, 0.05) is 18.3 Å². The molecule has 0 aliphatic heterocycles. The number of aromatic amines is 1. The van der Waals surface area contributed by atoms with Crippen LogP contribution in [0.1, 0.15) is 51.9 Å². The van der Waals surface area contributed by atoms with E-state index in [1.807, 2.05) is 11.8 Å². The highest BCUT2D eigenvalue weighted by Crippen LogP contribution is 2.34. The summed E-state index contributed by atoms with van der Waals surface area (Å²) in [6, 6.07) is 0.393. The number of carbonyl (C=O) groups is 1. The fourth-order valence-corrected chi connectivity index (χ4v) is 3.83. The third-order valence-electron chi connectivity index (χ3n) is 4.25. The number of amides is 1. The molecule has 1 aromatic rings. The second-order valence-corrected chi connectivity index (χ2v) is 7.13. The summed E-state index contributed by atoms with van der Waals surface area (Å²) < 4.78 is 1.61. The number of aromatic nitrogens is 3. The van der Waals surface area contributed by atoms with Crippen molar-refractivity contribution in [1.29, 1.82) is 0 Å². The molecule has 1 aromatic heterocycles. The molecular weight excluding hydrogens is 312 g/mol. The van der Waals surface area contributed by atoms with Crippen molar-refractivity contribution in [3.8, 4) is 0 Å². The third-order valence-corrected chi connectivity index (χ3v) is 5.21. The highest BCUT2D eigenvalue weighted by molar-refractivity contribution is 7.99. The lowest BCUT2D eigenvalue weighted by Crippen LogP contribution is -2.34. The van der Waals surface area contributed by atoms with Gasteiger partial charge in [-0.1, -0.05) is 24.8 Å². The van der Waals surface area contributed by atoms with Crippen LogP contribution in [-0.4, -0.2) is 37.4 Å². The number of rotatable bonds is 7. The summed E-state index contributed by atoms with van der Waals surface area (Å²) in [4.78, 5) is 26.4. The lowest BCUT2D eigenvalue weighted by molar-refractivity contribution is -0.127.